The maximum absolute atomic E-state index is 12.6. The lowest BCUT2D eigenvalue weighted by molar-refractivity contribution is -0.137. The highest BCUT2D eigenvalue weighted by Crippen LogP contribution is 2.30. The number of nitrogens with zero attached hydrogens (tertiary/aromatic N) is 1. The summed E-state index contributed by atoms with van der Waals surface area (Å²) in [7, 11) is 0. The van der Waals surface area contributed by atoms with Crippen LogP contribution in [0.5, 0.6) is 0 Å². The van der Waals surface area contributed by atoms with Crippen LogP contribution in [-0.2, 0) is 11.0 Å². The van der Waals surface area contributed by atoms with Crippen molar-refractivity contribution in [3.63, 3.8) is 0 Å². The minimum absolute atomic E-state index is 0.0472. The molecule has 0 bridgehead atoms. The van der Waals surface area contributed by atoms with Gasteiger partial charge in [0.25, 0.3) is 0 Å². The minimum Gasteiger partial charge on any atom is -0.356 e. The molecule has 1 aliphatic heterocycles. The van der Waals surface area contributed by atoms with Gasteiger partial charge in [0.2, 0.25) is 5.91 Å². The molecule has 2 rings (SSSR count). The third-order valence-corrected chi connectivity index (χ3v) is 5.26. The number of carbonyl (C=O) groups is 1. The van der Waals surface area contributed by atoms with E-state index in [0.29, 0.717) is 6.54 Å². The lowest BCUT2D eigenvalue weighted by atomic mass is 9.96. The molecule has 6 heteroatoms. The highest BCUT2D eigenvalue weighted by Gasteiger charge is 2.30. The number of halogens is 3. The molecule has 3 nitrogen and oxygen atoms in total. The van der Waals surface area contributed by atoms with Gasteiger partial charge >= 0.3 is 6.18 Å². The molecule has 0 saturated carbocycles. The number of nitrogens with one attached hydrogen (secondary N) is 1. The number of rotatable bonds is 8. The van der Waals surface area contributed by atoms with Gasteiger partial charge in [0.05, 0.1) is 5.56 Å². The van der Waals surface area contributed by atoms with Crippen LogP contribution >= 0.6 is 0 Å². The largest absolute Gasteiger partial charge is 0.416 e. The molecule has 152 valence electrons. The molecule has 2 atom stereocenters. The number of piperidine rings is 1. The summed E-state index contributed by atoms with van der Waals surface area (Å²) in [6.45, 7) is 8.26. The molecule has 0 spiro atoms. The van der Waals surface area contributed by atoms with Gasteiger partial charge in [0.1, 0.15) is 0 Å². The lowest BCUT2D eigenvalue weighted by Crippen LogP contribution is -2.35. The maximum atomic E-state index is 12.6. The Hall–Kier alpha value is -1.56. The monoisotopic (exact) mass is 384 g/mol. The first kappa shape index (κ1) is 21.7. The first-order valence-corrected chi connectivity index (χ1v) is 9.92. The maximum Gasteiger partial charge on any atom is 0.416 e. The van der Waals surface area contributed by atoms with Crippen LogP contribution in [0.2, 0.25) is 0 Å². The smallest absolute Gasteiger partial charge is 0.356 e. The van der Waals surface area contributed by atoms with Crippen LogP contribution < -0.4 is 5.32 Å². The quantitative estimate of drug-likeness (QED) is 0.651. The van der Waals surface area contributed by atoms with Crippen molar-refractivity contribution >= 4 is 5.91 Å². The second-order valence-electron chi connectivity index (χ2n) is 7.83. The van der Waals surface area contributed by atoms with Gasteiger partial charge in [-0.3, -0.25) is 4.79 Å². The predicted octanol–water partition coefficient (Wildman–Crippen LogP) is 4.83. The number of alkyl halides is 3. The van der Waals surface area contributed by atoms with Crippen LogP contribution in [0.1, 0.15) is 63.0 Å². The van der Waals surface area contributed by atoms with Gasteiger partial charge in [-0.25, -0.2) is 0 Å². The molecule has 1 saturated heterocycles. The summed E-state index contributed by atoms with van der Waals surface area (Å²) in [4.78, 5) is 14.6. The van der Waals surface area contributed by atoms with Gasteiger partial charge in [-0.15, -0.1) is 0 Å². The molecule has 1 aromatic rings. The van der Waals surface area contributed by atoms with Gasteiger partial charge in [0.15, 0.2) is 0 Å². The number of hydrogen-bond donors (Lipinski definition) is 1. The van der Waals surface area contributed by atoms with Crippen molar-refractivity contribution in [3.8, 4) is 0 Å². The Morgan fingerprint density at radius 1 is 1.26 bits per heavy atom. The highest BCUT2D eigenvalue weighted by molar-refractivity contribution is 5.76. The molecule has 1 fully saturated rings. The van der Waals surface area contributed by atoms with Crippen LogP contribution in [-0.4, -0.2) is 37.0 Å². The van der Waals surface area contributed by atoms with Crippen molar-refractivity contribution in [3.05, 3.63) is 35.4 Å². The lowest BCUT2D eigenvalue weighted by Gasteiger charge is -2.30. The van der Waals surface area contributed by atoms with Crippen LogP contribution in [0.15, 0.2) is 24.3 Å². The van der Waals surface area contributed by atoms with Crippen molar-refractivity contribution in [1.29, 1.82) is 0 Å². The molecule has 27 heavy (non-hydrogen) atoms. The Morgan fingerprint density at radius 3 is 2.59 bits per heavy atom. The van der Waals surface area contributed by atoms with E-state index in [4.69, 9.17) is 0 Å². The topological polar surface area (TPSA) is 32.3 Å². The van der Waals surface area contributed by atoms with E-state index in [2.05, 4.69) is 17.1 Å². The summed E-state index contributed by atoms with van der Waals surface area (Å²) in [5.74, 6) is 0.626. The fraction of sp³-hybridized carbons (Fsp3) is 0.667. The van der Waals surface area contributed by atoms with Crippen LogP contribution in [0.4, 0.5) is 13.2 Å². The first-order valence-electron chi connectivity index (χ1n) is 9.92. The average Bonchev–Trinajstić information content (AvgIpc) is 2.61. The molecule has 1 amide bonds. The second kappa shape index (κ2) is 10.1. The molecule has 2 unspecified atom stereocenters. The SMILES string of the molecule is CC1CCCN(CCCCNC(=O)CC(C)c2ccc(C(F)(F)F)cc2)C1. The summed E-state index contributed by atoms with van der Waals surface area (Å²) >= 11 is 0. The van der Waals surface area contributed by atoms with Gasteiger partial charge in [-0.1, -0.05) is 26.0 Å². The van der Waals surface area contributed by atoms with Crippen molar-refractivity contribution in [2.75, 3.05) is 26.2 Å². The van der Waals surface area contributed by atoms with Crippen molar-refractivity contribution in [2.45, 2.75) is 58.0 Å². The van der Waals surface area contributed by atoms with E-state index in [9.17, 15) is 18.0 Å². The van der Waals surface area contributed by atoms with E-state index in [-0.39, 0.29) is 18.2 Å². The van der Waals surface area contributed by atoms with E-state index in [1.54, 1.807) is 0 Å². The molecule has 0 aromatic heterocycles. The van der Waals surface area contributed by atoms with Crippen LogP contribution in [0.3, 0.4) is 0 Å². The first-order chi connectivity index (χ1) is 12.8. The Labute approximate surface area is 160 Å². The number of benzene rings is 1. The Bertz CT molecular complexity index is 586. The average molecular weight is 384 g/mol. The van der Waals surface area contributed by atoms with Crippen LogP contribution in [0.25, 0.3) is 0 Å². The molecule has 1 aliphatic rings. The number of hydrogen-bond acceptors (Lipinski definition) is 2. The van der Waals surface area contributed by atoms with Crippen molar-refractivity contribution in [2.24, 2.45) is 5.92 Å². The zero-order chi connectivity index (χ0) is 19.9. The second-order valence-corrected chi connectivity index (χ2v) is 7.83. The number of carbonyl (C=O) groups excluding carboxylic acids is 1. The zero-order valence-corrected chi connectivity index (χ0v) is 16.3. The summed E-state index contributed by atoms with van der Waals surface area (Å²) in [6.07, 6.45) is 0.580. The van der Waals surface area contributed by atoms with Crippen LogP contribution in [0, 0.1) is 5.92 Å². The molecule has 1 N–H and O–H groups in total. The van der Waals surface area contributed by atoms with Crippen molar-refractivity contribution in [1.82, 2.24) is 10.2 Å². The van der Waals surface area contributed by atoms with E-state index < -0.39 is 11.7 Å². The van der Waals surface area contributed by atoms with Gasteiger partial charge in [-0.05, 0) is 68.3 Å². The summed E-state index contributed by atoms with van der Waals surface area (Å²) in [5, 5.41) is 2.93. The number of likely N-dealkylation sites (tertiary alicyclic amines) is 1. The molecule has 0 radical (unpaired) electrons. The summed E-state index contributed by atoms with van der Waals surface area (Å²) in [5.41, 5.74) is 0.0865. The standard InChI is InChI=1S/C21H31F3N2O/c1-16-6-5-13-26(15-16)12-4-3-11-25-20(27)14-17(2)18-7-9-19(10-8-18)21(22,23)24/h7-10,16-17H,3-6,11-15H2,1-2H3,(H,25,27). The zero-order valence-electron chi connectivity index (χ0n) is 16.3. The Kier molecular flexibility index (Phi) is 8.14. The van der Waals surface area contributed by atoms with E-state index in [1.165, 1.54) is 38.1 Å². The number of amides is 1. The minimum atomic E-state index is -4.33. The Balaban J connectivity index is 1.63. The van der Waals surface area contributed by atoms with Gasteiger partial charge in [0, 0.05) is 19.5 Å². The molecule has 1 aromatic carbocycles. The molecular weight excluding hydrogens is 353 g/mol. The highest BCUT2D eigenvalue weighted by atomic mass is 19.4. The number of unbranched alkanes of at least 4 members (excludes halogenated alkanes) is 1. The summed E-state index contributed by atoms with van der Waals surface area (Å²) in [6, 6.07) is 5.07. The molecule has 0 aliphatic carbocycles. The van der Waals surface area contributed by atoms with Crippen molar-refractivity contribution < 1.29 is 18.0 Å². The predicted molar refractivity (Wildman–Crippen MR) is 102 cm³/mol. The Morgan fingerprint density at radius 2 is 1.96 bits per heavy atom. The van der Waals surface area contributed by atoms with E-state index >= 15 is 0 Å². The van der Waals surface area contributed by atoms with Gasteiger partial charge < -0.3 is 10.2 Å². The molecule has 1 heterocycles. The van der Waals surface area contributed by atoms with Gasteiger partial charge in [-0.2, -0.15) is 13.2 Å². The third kappa shape index (κ3) is 7.53. The summed E-state index contributed by atoms with van der Waals surface area (Å²) < 4.78 is 37.8. The third-order valence-electron chi connectivity index (χ3n) is 5.26. The van der Waals surface area contributed by atoms with E-state index in [0.717, 1.165) is 43.0 Å². The fourth-order valence-electron chi connectivity index (χ4n) is 3.65. The van der Waals surface area contributed by atoms with E-state index in [1.807, 2.05) is 6.92 Å². The normalized spacial score (nSPS) is 19.7. The fourth-order valence-corrected chi connectivity index (χ4v) is 3.65. The molecular formula is C21H31F3N2O.